The Balaban J connectivity index is 2.65. The van der Waals surface area contributed by atoms with Gasteiger partial charge in [-0.15, -0.1) is 0 Å². The zero-order chi connectivity index (χ0) is 17.3. The minimum Gasteiger partial charge on any atom is -0.354 e. The van der Waals surface area contributed by atoms with Gasteiger partial charge in [-0.25, -0.2) is 8.42 Å². The second-order valence-corrected chi connectivity index (χ2v) is 7.73. The van der Waals surface area contributed by atoms with Crippen LogP contribution in [0.2, 0.25) is 0 Å². The summed E-state index contributed by atoms with van der Waals surface area (Å²) in [4.78, 5) is 12.2. The van der Waals surface area contributed by atoms with Crippen molar-refractivity contribution < 1.29 is 13.2 Å². The molecule has 5 nitrogen and oxygen atoms in total. The fraction of sp³-hybridized carbons (Fsp3) is 0.588. The van der Waals surface area contributed by atoms with Crippen molar-refractivity contribution in [3.8, 4) is 0 Å². The van der Waals surface area contributed by atoms with Crippen LogP contribution in [0.1, 0.15) is 39.5 Å². The van der Waals surface area contributed by atoms with Gasteiger partial charge in [0.25, 0.3) is 0 Å². The van der Waals surface area contributed by atoms with E-state index in [1.165, 1.54) is 0 Å². The van der Waals surface area contributed by atoms with Crippen LogP contribution in [0.5, 0.6) is 0 Å². The molecule has 0 saturated carbocycles. The summed E-state index contributed by atoms with van der Waals surface area (Å²) in [7, 11) is -3.50. The van der Waals surface area contributed by atoms with Gasteiger partial charge in [0.05, 0.1) is 11.9 Å². The molecular weight excluding hydrogens is 312 g/mol. The van der Waals surface area contributed by atoms with Crippen molar-refractivity contribution in [2.24, 2.45) is 5.92 Å². The highest BCUT2D eigenvalue weighted by Gasteiger charge is 2.20. The van der Waals surface area contributed by atoms with Crippen molar-refractivity contribution in [2.45, 2.75) is 39.5 Å². The summed E-state index contributed by atoms with van der Waals surface area (Å²) in [5, 5.41) is 2.87. The molecule has 1 rings (SSSR count). The molecular formula is C17H28N2O3S. The number of carbonyl (C=O) groups excluding carboxylic acids is 1. The average molecular weight is 340 g/mol. The van der Waals surface area contributed by atoms with E-state index >= 15 is 0 Å². The molecule has 6 heteroatoms. The maximum absolute atomic E-state index is 12.2. The first-order valence-electron chi connectivity index (χ1n) is 8.17. The summed E-state index contributed by atoms with van der Waals surface area (Å²) in [6, 6.07) is 8.69. The highest BCUT2D eigenvalue weighted by Crippen LogP contribution is 2.16. The SMILES string of the molecule is CCCCC(CC)CNC(=O)CN(c1ccccc1)S(C)(=O)=O. The van der Waals surface area contributed by atoms with E-state index in [-0.39, 0.29) is 12.5 Å². The Morgan fingerprint density at radius 1 is 1.22 bits per heavy atom. The molecule has 1 amide bonds. The lowest BCUT2D eigenvalue weighted by Crippen LogP contribution is -2.41. The van der Waals surface area contributed by atoms with E-state index < -0.39 is 10.0 Å². The van der Waals surface area contributed by atoms with Gasteiger partial charge in [-0.1, -0.05) is 51.3 Å². The van der Waals surface area contributed by atoms with Crippen LogP contribution in [0.25, 0.3) is 0 Å². The van der Waals surface area contributed by atoms with Crippen molar-refractivity contribution in [3.05, 3.63) is 30.3 Å². The van der Waals surface area contributed by atoms with E-state index in [9.17, 15) is 13.2 Å². The van der Waals surface area contributed by atoms with Gasteiger partial charge in [-0.05, 0) is 24.5 Å². The Hall–Kier alpha value is -1.56. The lowest BCUT2D eigenvalue weighted by molar-refractivity contribution is -0.119. The van der Waals surface area contributed by atoms with Gasteiger partial charge in [0.1, 0.15) is 6.54 Å². The Kier molecular flexibility index (Phi) is 8.09. The van der Waals surface area contributed by atoms with E-state index in [4.69, 9.17) is 0 Å². The Labute approximate surface area is 140 Å². The fourth-order valence-electron chi connectivity index (χ4n) is 2.38. The number of para-hydroxylation sites is 1. The monoisotopic (exact) mass is 340 g/mol. The van der Waals surface area contributed by atoms with E-state index in [0.29, 0.717) is 18.2 Å². The van der Waals surface area contributed by atoms with E-state index in [2.05, 4.69) is 19.2 Å². The third kappa shape index (κ3) is 7.03. The highest BCUT2D eigenvalue weighted by atomic mass is 32.2. The lowest BCUT2D eigenvalue weighted by Gasteiger charge is -2.22. The molecule has 130 valence electrons. The Morgan fingerprint density at radius 2 is 1.87 bits per heavy atom. The van der Waals surface area contributed by atoms with Crippen LogP contribution in [-0.4, -0.2) is 33.7 Å². The smallest absolute Gasteiger partial charge is 0.240 e. The number of nitrogens with one attached hydrogen (secondary N) is 1. The molecule has 0 saturated heterocycles. The second-order valence-electron chi connectivity index (χ2n) is 5.83. The standard InChI is InChI=1S/C17H28N2O3S/c1-4-6-10-15(5-2)13-18-17(20)14-19(23(3,21)22)16-11-8-7-9-12-16/h7-9,11-12,15H,4-6,10,13-14H2,1-3H3,(H,18,20). The third-order valence-electron chi connectivity index (χ3n) is 3.86. The summed E-state index contributed by atoms with van der Waals surface area (Å²) in [6.07, 6.45) is 5.49. The van der Waals surface area contributed by atoms with Crippen molar-refractivity contribution in [1.82, 2.24) is 5.32 Å². The average Bonchev–Trinajstić information content (AvgIpc) is 2.52. The normalized spacial score (nSPS) is 12.7. The van der Waals surface area contributed by atoms with E-state index in [1.54, 1.807) is 24.3 Å². The fourth-order valence-corrected chi connectivity index (χ4v) is 3.24. The first-order chi connectivity index (χ1) is 10.9. The molecule has 0 fully saturated rings. The molecule has 0 aliphatic carbocycles. The van der Waals surface area contributed by atoms with Gasteiger partial charge in [0, 0.05) is 6.54 Å². The number of amides is 1. The number of anilines is 1. The molecule has 23 heavy (non-hydrogen) atoms. The molecule has 0 aromatic heterocycles. The second kappa shape index (κ2) is 9.55. The van der Waals surface area contributed by atoms with Gasteiger partial charge < -0.3 is 5.32 Å². The molecule has 0 spiro atoms. The number of rotatable bonds is 10. The number of carbonyl (C=O) groups is 1. The quantitative estimate of drug-likeness (QED) is 0.712. The topological polar surface area (TPSA) is 66.5 Å². The maximum Gasteiger partial charge on any atom is 0.240 e. The number of nitrogens with zero attached hydrogens (tertiary/aromatic N) is 1. The summed E-state index contributed by atoms with van der Waals surface area (Å²) in [5.41, 5.74) is 0.503. The van der Waals surface area contributed by atoms with Gasteiger partial charge >= 0.3 is 0 Å². The molecule has 1 atom stereocenters. The van der Waals surface area contributed by atoms with Crippen LogP contribution < -0.4 is 9.62 Å². The lowest BCUT2D eigenvalue weighted by atomic mass is 9.99. The molecule has 0 aliphatic rings. The minimum absolute atomic E-state index is 0.187. The Bertz CT molecular complexity index is 573. The molecule has 0 radical (unpaired) electrons. The zero-order valence-electron chi connectivity index (χ0n) is 14.3. The van der Waals surface area contributed by atoms with Crippen molar-refractivity contribution in [2.75, 3.05) is 23.7 Å². The number of benzene rings is 1. The number of hydrogen-bond acceptors (Lipinski definition) is 3. The van der Waals surface area contributed by atoms with Crippen LogP contribution >= 0.6 is 0 Å². The molecule has 1 N–H and O–H groups in total. The van der Waals surface area contributed by atoms with Crippen LogP contribution in [-0.2, 0) is 14.8 Å². The maximum atomic E-state index is 12.2. The molecule has 1 aromatic carbocycles. The van der Waals surface area contributed by atoms with Gasteiger partial charge in [-0.3, -0.25) is 9.10 Å². The van der Waals surface area contributed by atoms with Gasteiger partial charge in [0.15, 0.2) is 0 Å². The van der Waals surface area contributed by atoms with Crippen molar-refractivity contribution in [3.63, 3.8) is 0 Å². The highest BCUT2D eigenvalue weighted by molar-refractivity contribution is 7.92. The molecule has 0 aliphatic heterocycles. The molecule has 0 heterocycles. The first kappa shape index (κ1) is 19.5. The van der Waals surface area contributed by atoms with Crippen LogP contribution in [0.15, 0.2) is 30.3 Å². The van der Waals surface area contributed by atoms with Crippen LogP contribution in [0, 0.1) is 5.92 Å². The van der Waals surface area contributed by atoms with Gasteiger partial charge in [-0.2, -0.15) is 0 Å². The first-order valence-corrected chi connectivity index (χ1v) is 10.0. The Morgan fingerprint density at radius 3 is 2.39 bits per heavy atom. The van der Waals surface area contributed by atoms with Crippen LogP contribution in [0.3, 0.4) is 0 Å². The van der Waals surface area contributed by atoms with Gasteiger partial charge in [0.2, 0.25) is 15.9 Å². The summed E-state index contributed by atoms with van der Waals surface area (Å²) < 4.78 is 25.0. The number of sulfonamides is 1. The van der Waals surface area contributed by atoms with E-state index in [1.807, 2.05) is 6.07 Å². The van der Waals surface area contributed by atoms with Crippen molar-refractivity contribution in [1.29, 1.82) is 0 Å². The zero-order valence-corrected chi connectivity index (χ0v) is 15.1. The minimum atomic E-state index is -3.50. The number of unbranched alkanes of at least 4 members (excludes halogenated alkanes) is 1. The number of hydrogen-bond donors (Lipinski definition) is 1. The summed E-state index contributed by atoms with van der Waals surface area (Å²) in [5.74, 6) is 0.177. The largest absolute Gasteiger partial charge is 0.354 e. The molecule has 1 unspecified atom stereocenters. The predicted octanol–water partition coefficient (Wildman–Crippen LogP) is 2.79. The van der Waals surface area contributed by atoms with Crippen LogP contribution in [0.4, 0.5) is 5.69 Å². The van der Waals surface area contributed by atoms with E-state index in [0.717, 1.165) is 36.2 Å². The summed E-state index contributed by atoms with van der Waals surface area (Å²) >= 11 is 0. The summed E-state index contributed by atoms with van der Waals surface area (Å²) in [6.45, 7) is 4.67. The molecule has 0 bridgehead atoms. The molecule has 1 aromatic rings. The predicted molar refractivity (Wildman–Crippen MR) is 94.9 cm³/mol. The van der Waals surface area contributed by atoms with Crippen molar-refractivity contribution >= 4 is 21.6 Å². The third-order valence-corrected chi connectivity index (χ3v) is 5.00.